The first-order valence-electron chi connectivity index (χ1n) is 14.1. The minimum Gasteiger partial charge on any atom is -0.484 e. The van der Waals surface area contributed by atoms with Crippen LogP contribution in [-0.2, 0) is 11.3 Å². The number of carbonyl (C=O) groups is 1. The smallest absolute Gasteiger partial charge is 0.262 e. The number of hydrogen-bond donors (Lipinski definition) is 2. The molecule has 2 N–H and O–H groups in total. The van der Waals surface area contributed by atoms with Crippen LogP contribution in [0.15, 0.2) is 110 Å². The lowest BCUT2D eigenvalue weighted by atomic mass is 9.96. The summed E-state index contributed by atoms with van der Waals surface area (Å²) in [5.41, 5.74) is 7.13. The van der Waals surface area contributed by atoms with Gasteiger partial charge in [0.15, 0.2) is 11.7 Å². The minimum absolute atomic E-state index is 0.0750. The fourth-order valence-corrected chi connectivity index (χ4v) is 5.91. The zero-order valence-electron chi connectivity index (χ0n) is 24.0. The predicted octanol–water partition coefficient (Wildman–Crippen LogP) is 6.14. The van der Waals surface area contributed by atoms with Crippen LogP contribution in [0.5, 0.6) is 5.75 Å². The number of anilines is 2. The summed E-state index contributed by atoms with van der Waals surface area (Å²) in [4.78, 5) is 23.7. The number of ether oxygens (including phenoxy) is 1. The van der Waals surface area contributed by atoms with Crippen LogP contribution in [-0.4, -0.2) is 32.2 Å². The van der Waals surface area contributed by atoms with Crippen molar-refractivity contribution in [2.45, 2.75) is 32.5 Å². The molecule has 216 valence electrons. The van der Waals surface area contributed by atoms with Crippen LogP contribution in [0.2, 0.25) is 0 Å². The van der Waals surface area contributed by atoms with Gasteiger partial charge in [-0.25, -0.2) is 0 Å². The van der Waals surface area contributed by atoms with E-state index >= 15 is 0 Å². The largest absolute Gasteiger partial charge is 0.484 e. The SMILES string of the molecule is Cc1cc([C@H]2[C@@H](c3ccccn3)NC(=S)N2c2ccc(NC(=O)COc3ccccc3)cc2)c(C)n1Cc1cccnc1. The Balaban J connectivity index is 1.28. The van der Waals surface area contributed by atoms with E-state index in [-0.39, 0.29) is 24.6 Å². The summed E-state index contributed by atoms with van der Waals surface area (Å²) in [5, 5.41) is 7.07. The van der Waals surface area contributed by atoms with Crippen molar-refractivity contribution in [3.8, 4) is 5.75 Å². The van der Waals surface area contributed by atoms with Crippen LogP contribution < -0.4 is 20.3 Å². The van der Waals surface area contributed by atoms with Gasteiger partial charge in [-0.15, -0.1) is 0 Å². The molecule has 6 rings (SSSR count). The highest BCUT2D eigenvalue weighted by atomic mass is 32.1. The van der Waals surface area contributed by atoms with Gasteiger partial charge in [0.25, 0.3) is 5.91 Å². The Labute approximate surface area is 256 Å². The number of nitrogens with zero attached hydrogens (tertiary/aromatic N) is 4. The average molecular weight is 589 g/mol. The maximum atomic E-state index is 12.5. The van der Waals surface area contributed by atoms with Crippen molar-refractivity contribution >= 4 is 34.6 Å². The molecule has 1 aliphatic heterocycles. The highest BCUT2D eigenvalue weighted by Crippen LogP contribution is 2.43. The van der Waals surface area contributed by atoms with Gasteiger partial charge in [-0.2, -0.15) is 0 Å². The van der Waals surface area contributed by atoms with E-state index in [9.17, 15) is 4.79 Å². The van der Waals surface area contributed by atoms with E-state index in [4.69, 9.17) is 17.0 Å². The summed E-state index contributed by atoms with van der Waals surface area (Å²) in [7, 11) is 0. The molecular formula is C34H32N6O2S. The average Bonchev–Trinajstić information content (AvgIpc) is 3.52. The Morgan fingerprint density at radius 1 is 0.977 bits per heavy atom. The van der Waals surface area contributed by atoms with Crippen LogP contribution in [0.4, 0.5) is 11.4 Å². The first-order valence-corrected chi connectivity index (χ1v) is 14.5. The lowest BCUT2D eigenvalue weighted by Crippen LogP contribution is -2.29. The molecule has 4 heterocycles. The van der Waals surface area contributed by atoms with E-state index in [1.54, 1.807) is 6.20 Å². The number of amides is 1. The van der Waals surface area contributed by atoms with E-state index in [1.165, 1.54) is 5.56 Å². The van der Waals surface area contributed by atoms with Gasteiger partial charge in [-0.3, -0.25) is 14.8 Å². The van der Waals surface area contributed by atoms with Gasteiger partial charge < -0.3 is 24.8 Å². The van der Waals surface area contributed by atoms with Crippen LogP contribution >= 0.6 is 12.2 Å². The fraction of sp³-hybridized carbons (Fsp3) is 0.176. The number of thiocarbonyl (C=S) groups is 1. The molecule has 43 heavy (non-hydrogen) atoms. The number of para-hydroxylation sites is 1. The van der Waals surface area contributed by atoms with Gasteiger partial charge in [0.1, 0.15) is 5.75 Å². The van der Waals surface area contributed by atoms with Gasteiger partial charge in [0.2, 0.25) is 0 Å². The third-order valence-corrected chi connectivity index (χ3v) is 7.95. The molecule has 0 aliphatic carbocycles. The van der Waals surface area contributed by atoms with Gasteiger partial charge in [-0.1, -0.05) is 30.3 Å². The molecule has 9 heteroatoms. The summed E-state index contributed by atoms with van der Waals surface area (Å²) in [6, 6.07) is 28.9. The third-order valence-electron chi connectivity index (χ3n) is 7.64. The van der Waals surface area contributed by atoms with Crippen LogP contribution in [0.1, 0.15) is 40.3 Å². The molecule has 0 saturated carbocycles. The fourth-order valence-electron chi connectivity index (χ4n) is 5.56. The molecule has 3 aromatic heterocycles. The molecule has 0 unspecified atom stereocenters. The minimum atomic E-state index is -0.232. The lowest BCUT2D eigenvalue weighted by Gasteiger charge is -2.28. The summed E-state index contributed by atoms with van der Waals surface area (Å²) in [6.45, 7) is 4.94. The zero-order valence-corrected chi connectivity index (χ0v) is 24.8. The van der Waals surface area contributed by atoms with Crippen molar-refractivity contribution in [1.29, 1.82) is 0 Å². The van der Waals surface area contributed by atoms with Gasteiger partial charge in [0, 0.05) is 47.9 Å². The summed E-state index contributed by atoms with van der Waals surface area (Å²) in [6.07, 6.45) is 5.51. The van der Waals surface area contributed by atoms with E-state index in [0.717, 1.165) is 34.9 Å². The second-order valence-corrected chi connectivity index (χ2v) is 10.9. The third kappa shape index (κ3) is 6.12. The van der Waals surface area contributed by atoms with Crippen molar-refractivity contribution in [3.05, 3.63) is 138 Å². The molecule has 8 nitrogen and oxygen atoms in total. The molecule has 1 aliphatic rings. The van der Waals surface area contributed by atoms with Crippen LogP contribution in [0.25, 0.3) is 0 Å². The number of aromatic nitrogens is 3. The zero-order chi connectivity index (χ0) is 29.8. The van der Waals surface area contributed by atoms with E-state index < -0.39 is 0 Å². The van der Waals surface area contributed by atoms with Crippen molar-refractivity contribution in [2.24, 2.45) is 0 Å². The first kappa shape index (κ1) is 28.1. The van der Waals surface area contributed by atoms with Crippen LogP contribution in [0, 0.1) is 13.8 Å². The number of nitrogens with one attached hydrogen (secondary N) is 2. The molecule has 5 aromatic rings. The summed E-state index contributed by atoms with van der Waals surface area (Å²) >= 11 is 5.93. The number of rotatable bonds is 9. The molecule has 1 saturated heterocycles. The highest BCUT2D eigenvalue weighted by Gasteiger charge is 2.42. The number of benzene rings is 2. The standard InChI is InChI=1S/C34H32N6O2S/c1-23-19-29(24(2)39(23)21-25-9-8-17-35-20-25)33-32(30-12-6-7-18-36-30)38-34(43)40(33)27-15-13-26(14-16-27)37-31(41)22-42-28-10-4-3-5-11-28/h3-20,32-33H,21-22H2,1-2H3,(H,37,41)(H,38,43)/t32-,33+/m1/s1. The van der Waals surface area contributed by atoms with E-state index in [1.807, 2.05) is 91.3 Å². The van der Waals surface area contributed by atoms with E-state index in [2.05, 4.69) is 56.0 Å². The molecule has 0 bridgehead atoms. The molecule has 1 fully saturated rings. The number of aryl methyl sites for hydroxylation is 1. The van der Waals surface area contributed by atoms with Crippen molar-refractivity contribution in [3.63, 3.8) is 0 Å². The molecule has 0 radical (unpaired) electrons. The topological polar surface area (TPSA) is 84.3 Å². The molecular weight excluding hydrogens is 556 g/mol. The Hall–Kier alpha value is -5.02. The summed E-state index contributed by atoms with van der Waals surface area (Å²) in [5.74, 6) is 0.417. The molecule has 0 spiro atoms. The number of carbonyl (C=O) groups excluding carboxylic acids is 1. The highest BCUT2D eigenvalue weighted by molar-refractivity contribution is 7.80. The quantitative estimate of drug-likeness (QED) is 0.200. The molecule has 1 amide bonds. The number of hydrogen-bond acceptors (Lipinski definition) is 5. The molecule has 2 aromatic carbocycles. The lowest BCUT2D eigenvalue weighted by molar-refractivity contribution is -0.118. The van der Waals surface area contributed by atoms with Crippen molar-refractivity contribution < 1.29 is 9.53 Å². The van der Waals surface area contributed by atoms with Crippen molar-refractivity contribution in [1.82, 2.24) is 19.9 Å². The number of pyridine rings is 2. The Morgan fingerprint density at radius 3 is 2.49 bits per heavy atom. The second-order valence-electron chi connectivity index (χ2n) is 10.5. The Morgan fingerprint density at radius 2 is 1.77 bits per heavy atom. The predicted molar refractivity (Wildman–Crippen MR) is 172 cm³/mol. The Kier molecular flexibility index (Phi) is 8.15. The van der Waals surface area contributed by atoms with Gasteiger partial charge in [0.05, 0.1) is 17.8 Å². The monoisotopic (exact) mass is 588 g/mol. The second kappa shape index (κ2) is 12.5. The van der Waals surface area contributed by atoms with Crippen molar-refractivity contribution in [2.75, 3.05) is 16.8 Å². The normalized spacial score (nSPS) is 16.1. The summed E-state index contributed by atoms with van der Waals surface area (Å²) < 4.78 is 7.90. The van der Waals surface area contributed by atoms with Gasteiger partial charge in [-0.05, 0) is 97.9 Å². The Bertz CT molecular complexity index is 1710. The van der Waals surface area contributed by atoms with Crippen LogP contribution in [0.3, 0.4) is 0 Å². The van der Waals surface area contributed by atoms with Gasteiger partial charge >= 0.3 is 0 Å². The maximum absolute atomic E-state index is 12.5. The molecule has 2 atom stereocenters. The maximum Gasteiger partial charge on any atom is 0.262 e. The van der Waals surface area contributed by atoms with E-state index in [0.29, 0.717) is 16.5 Å². The first-order chi connectivity index (χ1) is 21.0.